The van der Waals surface area contributed by atoms with Gasteiger partial charge in [0.15, 0.2) is 0 Å². The van der Waals surface area contributed by atoms with Crippen molar-refractivity contribution in [1.82, 2.24) is 19.8 Å². The fourth-order valence-corrected chi connectivity index (χ4v) is 5.50. The van der Waals surface area contributed by atoms with Crippen molar-refractivity contribution in [1.29, 1.82) is 5.26 Å². The molecule has 0 radical (unpaired) electrons. The lowest BCUT2D eigenvalue weighted by Crippen LogP contribution is -2.65. The molecule has 6 nitrogen and oxygen atoms in total. The van der Waals surface area contributed by atoms with Crippen molar-refractivity contribution in [2.75, 3.05) is 37.6 Å². The van der Waals surface area contributed by atoms with Gasteiger partial charge >= 0.3 is 0 Å². The second kappa shape index (κ2) is 8.54. The standard InChI is InChI=1S/C24H25BrN6/c1-17-13-30(22-5-4-19(12-26)24-21(22)3-2-7-28-24)16-20-15-29(9-10-31(17)20)14-18-6-8-27-23(25)11-18/h2-8,11,17,20H,9-10,13-16H2,1H3/t17-,20-/m1/s1. The van der Waals surface area contributed by atoms with E-state index in [9.17, 15) is 5.26 Å². The number of pyridine rings is 2. The second-order valence-corrected chi connectivity index (χ2v) is 9.32. The highest BCUT2D eigenvalue weighted by Crippen LogP contribution is 2.32. The summed E-state index contributed by atoms with van der Waals surface area (Å²) in [6, 6.07) is 15.5. The molecule has 0 spiro atoms. The van der Waals surface area contributed by atoms with Crippen LogP contribution in [0.2, 0.25) is 0 Å². The van der Waals surface area contributed by atoms with Crippen LogP contribution in [-0.2, 0) is 6.54 Å². The number of hydrogen-bond donors (Lipinski definition) is 0. The summed E-state index contributed by atoms with van der Waals surface area (Å²) in [7, 11) is 0. The number of hydrogen-bond acceptors (Lipinski definition) is 6. The Morgan fingerprint density at radius 1 is 1.10 bits per heavy atom. The van der Waals surface area contributed by atoms with Gasteiger partial charge in [0.25, 0.3) is 0 Å². The summed E-state index contributed by atoms with van der Waals surface area (Å²) in [5.41, 5.74) is 3.91. The van der Waals surface area contributed by atoms with Crippen LogP contribution in [0.5, 0.6) is 0 Å². The van der Waals surface area contributed by atoms with Crippen molar-refractivity contribution in [3.63, 3.8) is 0 Å². The van der Waals surface area contributed by atoms with Crippen LogP contribution in [0.4, 0.5) is 5.69 Å². The van der Waals surface area contributed by atoms with E-state index in [4.69, 9.17) is 0 Å². The molecule has 5 rings (SSSR count). The molecule has 0 unspecified atom stereocenters. The summed E-state index contributed by atoms with van der Waals surface area (Å²) in [6.07, 6.45) is 3.63. The number of anilines is 1. The quantitative estimate of drug-likeness (QED) is 0.537. The molecule has 3 aromatic rings. The number of fused-ring (bicyclic) bond motifs is 2. The molecular weight excluding hydrogens is 452 g/mol. The summed E-state index contributed by atoms with van der Waals surface area (Å²) in [5.74, 6) is 0. The fourth-order valence-electron chi connectivity index (χ4n) is 5.09. The van der Waals surface area contributed by atoms with Crippen LogP contribution in [0.15, 0.2) is 53.4 Å². The van der Waals surface area contributed by atoms with Crippen LogP contribution in [0.1, 0.15) is 18.1 Å². The lowest BCUT2D eigenvalue weighted by molar-refractivity contribution is 0.0317. The molecule has 0 bridgehead atoms. The van der Waals surface area contributed by atoms with Crippen molar-refractivity contribution in [3.8, 4) is 6.07 Å². The van der Waals surface area contributed by atoms with Crippen molar-refractivity contribution in [2.45, 2.75) is 25.6 Å². The molecule has 2 aromatic heterocycles. The molecule has 31 heavy (non-hydrogen) atoms. The first kappa shape index (κ1) is 20.4. The molecule has 2 atom stereocenters. The van der Waals surface area contributed by atoms with Crippen LogP contribution < -0.4 is 4.90 Å². The lowest BCUT2D eigenvalue weighted by Gasteiger charge is -2.51. The van der Waals surface area contributed by atoms with E-state index in [2.05, 4.69) is 77.9 Å². The second-order valence-electron chi connectivity index (χ2n) is 8.51. The van der Waals surface area contributed by atoms with Gasteiger partial charge in [-0.25, -0.2) is 4.98 Å². The number of benzene rings is 1. The zero-order chi connectivity index (χ0) is 21.4. The van der Waals surface area contributed by atoms with E-state index in [0.29, 0.717) is 17.6 Å². The highest BCUT2D eigenvalue weighted by molar-refractivity contribution is 9.10. The molecule has 2 aliphatic heterocycles. The van der Waals surface area contributed by atoms with Gasteiger partial charge in [-0.15, -0.1) is 0 Å². The molecule has 0 aliphatic carbocycles. The van der Waals surface area contributed by atoms with E-state index in [-0.39, 0.29) is 0 Å². The van der Waals surface area contributed by atoms with E-state index < -0.39 is 0 Å². The molecule has 158 valence electrons. The first-order chi connectivity index (χ1) is 15.1. The molecule has 1 aromatic carbocycles. The van der Waals surface area contributed by atoms with Gasteiger partial charge in [-0.05, 0) is 64.8 Å². The van der Waals surface area contributed by atoms with Crippen LogP contribution in [0.25, 0.3) is 10.9 Å². The Kier molecular flexibility index (Phi) is 5.61. The number of nitriles is 1. The van der Waals surface area contributed by atoms with Crippen LogP contribution in [0.3, 0.4) is 0 Å². The van der Waals surface area contributed by atoms with Crippen molar-refractivity contribution in [3.05, 3.63) is 64.5 Å². The SMILES string of the molecule is C[C@@H]1CN(c2ccc(C#N)c3ncccc23)C[C@H]2CN(Cc3ccnc(Br)c3)CCN21. The van der Waals surface area contributed by atoms with Crippen molar-refractivity contribution >= 4 is 32.5 Å². The maximum atomic E-state index is 9.48. The molecule has 0 N–H and O–H groups in total. The van der Waals surface area contributed by atoms with Gasteiger partial charge in [-0.1, -0.05) is 0 Å². The molecular formula is C24H25BrN6. The fraction of sp³-hybridized carbons (Fsp3) is 0.375. The third kappa shape index (κ3) is 4.03. The Bertz CT molecular complexity index is 1140. The summed E-state index contributed by atoms with van der Waals surface area (Å²) in [6.45, 7) is 8.49. The molecule has 0 amide bonds. The van der Waals surface area contributed by atoms with Gasteiger partial charge in [0.1, 0.15) is 10.7 Å². The molecule has 4 heterocycles. The van der Waals surface area contributed by atoms with Gasteiger partial charge < -0.3 is 4.90 Å². The number of halogens is 1. The number of rotatable bonds is 3. The minimum absolute atomic E-state index is 0.477. The van der Waals surface area contributed by atoms with E-state index in [1.54, 1.807) is 6.20 Å². The Balaban J connectivity index is 1.38. The average molecular weight is 477 g/mol. The minimum atomic E-state index is 0.477. The maximum Gasteiger partial charge on any atom is 0.106 e. The third-order valence-corrected chi connectivity index (χ3v) is 6.93. The van der Waals surface area contributed by atoms with Gasteiger partial charge in [0, 0.05) is 74.8 Å². The highest BCUT2D eigenvalue weighted by atomic mass is 79.9. The Labute approximate surface area is 191 Å². The van der Waals surface area contributed by atoms with Crippen LogP contribution in [0, 0.1) is 11.3 Å². The normalized spacial score (nSPS) is 22.3. The van der Waals surface area contributed by atoms with Crippen molar-refractivity contribution < 1.29 is 0 Å². The van der Waals surface area contributed by atoms with E-state index >= 15 is 0 Å². The highest BCUT2D eigenvalue weighted by Gasteiger charge is 2.36. The minimum Gasteiger partial charge on any atom is -0.368 e. The van der Waals surface area contributed by atoms with Gasteiger partial charge in [-0.2, -0.15) is 5.26 Å². The monoisotopic (exact) mass is 476 g/mol. The Morgan fingerprint density at radius 3 is 2.84 bits per heavy atom. The number of nitrogens with zero attached hydrogens (tertiary/aromatic N) is 6. The van der Waals surface area contributed by atoms with Crippen molar-refractivity contribution in [2.24, 2.45) is 0 Å². The van der Waals surface area contributed by atoms with Gasteiger partial charge in [0.05, 0.1) is 11.1 Å². The molecule has 0 saturated carbocycles. The van der Waals surface area contributed by atoms with Gasteiger partial charge in [-0.3, -0.25) is 14.8 Å². The molecule has 7 heteroatoms. The predicted molar refractivity (Wildman–Crippen MR) is 126 cm³/mol. The summed E-state index contributed by atoms with van der Waals surface area (Å²) in [5, 5.41) is 10.5. The zero-order valence-electron chi connectivity index (χ0n) is 17.6. The van der Waals surface area contributed by atoms with E-state index in [0.717, 1.165) is 54.8 Å². The third-order valence-electron chi connectivity index (χ3n) is 6.50. The predicted octanol–water partition coefficient (Wildman–Crippen LogP) is 3.66. The summed E-state index contributed by atoms with van der Waals surface area (Å²) < 4.78 is 0.891. The molecule has 2 fully saturated rings. The topological polar surface area (TPSA) is 59.3 Å². The van der Waals surface area contributed by atoms with Gasteiger partial charge in [0.2, 0.25) is 0 Å². The van der Waals surface area contributed by atoms with Crippen LogP contribution >= 0.6 is 15.9 Å². The smallest absolute Gasteiger partial charge is 0.106 e. The first-order valence-electron chi connectivity index (χ1n) is 10.7. The Morgan fingerprint density at radius 2 is 2.00 bits per heavy atom. The zero-order valence-corrected chi connectivity index (χ0v) is 19.2. The Hall–Kier alpha value is -2.53. The largest absolute Gasteiger partial charge is 0.368 e. The summed E-state index contributed by atoms with van der Waals surface area (Å²) in [4.78, 5) is 16.5. The summed E-state index contributed by atoms with van der Waals surface area (Å²) >= 11 is 3.48. The lowest BCUT2D eigenvalue weighted by atomic mass is 10.0. The molecule has 2 aliphatic rings. The first-order valence-corrected chi connectivity index (χ1v) is 11.5. The average Bonchev–Trinajstić information content (AvgIpc) is 2.78. The maximum absolute atomic E-state index is 9.48. The number of aromatic nitrogens is 2. The van der Waals surface area contributed by atoms with E-state index in [1.165, 1.54) is 11.3 Å². The van der Waals surface area contributed by atoms with Crippen LogP contribution in [-0.4, -0.2) is 64.6 Å². The van der Waals surface area contributed by atoms with E-state index in [1.807, 2.05) is 18.3 Å². The number of piperazine rings is 2. The molecule has 2 saturated heterocycles.